The standard InChI is InChI=1S/C8H12N2O.ClH/c1-5-11-6-2-7(1)8-9-3-4-10-8;/h3-4,7H,1-2,5-6H2,(H,9,10);1H. The molecule has 0 bridgehead atoms. The molecular weight excluding hydrogens is 176 g/mol. The van der Waals surface area contributed by atoms with Gasteiger partial charge in [0, 0.05) is 31.5 Å². The summed E-state index contributed by atoms with van der Waals surface area (Å²) < 4.78 is 5.26. The molecule has 2 rings (SSSR count). The van der Waals surface area contributed by atoms with E-state index in [0.29, 0.717) is 5.92 Å². The lowest BCUT2D eigenvalue weighted by Crippen LogP contribution is -2.14. The Morgan fingerprint density at radius 2 is 2.17 bits per heavy atom. The van der Waals surface area contributed by atoms with Crippen LogP contribution in [0.4, 0.5) is 0 Å². The van der Waals surface area contributed by atoms with Gasteiger partial charge in [-0.3, -0.25) is 0 Å². The van der Waals surface area contributed by atoms with Gasteiger partial charge in [-0.2, -0.15) is 0 Å². The molecule has 0 aromatic carbocycles. The minimum atomic E-state index is 0. The number of aromatic nitrogens is 2. The molecule has 1 aliphatic rings. The number of hydrogen-bond donors (Lipinski definition) is 1. The Kier molecular flexibility index (Phi) is 3.56. The molecule has 0 radical (unpaired) electrons. The largest absolute Gasteiger partial charge is 0.381 e. The first-order valence-electron chi connectivity index (χ1n) is 4.04. The summed E-state index contributed by atoms with van der Waals surface area (Å²) in [5.41, 5.74) is 0. The predicted molar refractivity (Wildman–Crippen MR) is 48.6 cm³/mol. The first-order valence-corrected chi connectivity index (χ1v) is 4.04. The average Bonchev–Trinajstić information content (AvgIpc) is 2.58. The zero-order chi connectivity index (χ0) is 7.52. The number of halogens is 1. The van der Waals surface area contributed by atoms with Crippen molar-refractivity contribution < 1.29 is 4.74 Å². The van der Waals surface area contributed by atoms with E-state index in [0.717, 1.165) is 31.9 Å². The number of nitrogens with one attached hydrogen (secondary N) is 1. The van der Waals surface area contributed by atoms with Crippen molar-refractivity contribution in [1.82, 2.24) is 9.97 Å². The van der Waals surface area contributed by atoms with Crippen LogP contribution in [0.2, 0.25) is 0 Å². The van der Waals surface area contributed by atoms with Gasteiger partial charge in [0.15, 0.2) is 0 Å². The van der Waals surface area contributed by atoms with E-state index in [2.05, 4.69) is 9.97 Å². The summed E-state index contributed by atoms with van der Waals surface area (Å²) >= 11 is 0. The highest BCUT2D eigenvalue weighted by Crippen LogP contribution is 2.23. The van der Waals surface area contributed by atoms with Crippen molar-refractivity contribution in [3.63, 3.8) is 0 Å². The van der Waals surface area contributed by atoms with Crippen LogP contribution in [0.25, 0.3) is 0 Å². The van der Waals surface area contributed by atoms with Crippen molar-refractivity contribution in [3.8, 4) is 0 Å². The van der Waals surface area contributed by atoms with E-state index in [1.54, 1.807) is 0 Å². The fourth-order valence-corrected chi connectivity index (χ4v) is 1.47. The first-order chi connectivity index (χ1) is 5.47. The number of hydrogen-bond acceptors (Lipinski definition) is 2. The van der Waals surface area contributed by atoms with Crippen molar-refractivity contribution in [2.75, 3.05) is 13.2 Å². The lowest BCUT2D eigenvalue weighted by molar-refractivity contribution is 0.0837. The Labute approximate surface area is 77.9 Å². The maximum Gasteiger partial charge on any atom is 0.109 e. The van der Waals surface area contributed by atoms with Crippen LogP contribution in [0, 0.1) is 0 Å². The highest BCUT2D eigenvalue weighted by atomic mass is 35.5. The van der Waals surface area contributed by atoms with Crippen molar-refractivity contribution in [2.24, 2.45) is 0 Å². The molecule has 0 atom stereocenters. The molecule has 4 heteroatoms. The SMILES string of the molecule is Cl.c1c[nH]c(C2CCOCC2)n1. The molecule has 1 fully saturated rings. The molecule has 0 spiro atoms. The smallest absolute Gasteiger partial charge is 0.109 e. The van der Waals surface area contributed by atoms with Gasteiger partial charge in [-0.1, -0.05) is 0 Å². The Hall–Kier alpha value is -0.540. The summed E-state index contributed by atoms with van der Waals surface area (Å²) in [6.07, 6.45) is 5.90. The predicted octanol–water partition coefficient (Wildman–Crippen LogP) is 1.73. The number of H-pyrrole nitrogens is 1. The van der Waals surface area contributed by atoms with Gasteiger partial charge in [-0.05, 0) is 12.8 Å². The Bertz CT molecular complexity index is 207. The highest BCUT2D eigenvalue weighted by molar-refractivity contribution is 5.85. The summed E-state index contributed by atoms with van der Waals surface area (Å²) in [7, 11) is 0. The zero-order valence-electron chi connectivity index (χ0n) is 6.82. The molecule has 0 saturated carbocycles. The number of aromatic amines is 1. The van der Waals surface area contributed by atoms with Crippen LogP contribution in [-0.2, 0) is 4.74 Å². The second kappa shape index (κ2) is 4.48. The third-order valence-electron chi connectivity index (χ3n) is 2.13. The van der Waals surface area contributed by atoms with Crippen LogP contribution < -0.4 is 0 Å². The van der Waals surface area contributed by atoms with Crippen LogP contribution >= 0.6 is 12.4 Å². The molecule has 1 aliphatic heterocycles. The van der Waals surface area contributed by atoms with Crippen LogP contribution in [0.5, 0.6) is 0 Å². The fraction of sp³-hybridized carbons (Fsp3) is 0.625. The quantitative estimate of drug-likeness (QED) is 0.729. The van der Waals surface area contributed by atoms with Gasteiger partial charge in [0.05, 0.1) is 0 Å². The Balaban J connectivity index is 0.000000720. The number of rotatable bonds is 1. The molecule has 1 saturated heterocycles. The number of ether oxygens (including phenoxy) is 1. The second-order valence-corrected chi connectivity index (χ2v) is 2.86. The molecule has 12 heavy (non-hydrogen) atoms. The van der Waals surface area contributed by atoms with E-state index in [4.69, 9.17) is 4.74 Å². The van der Waals surface area contributed by atoms with E-state index in [1.165, 1.54) is 0 Å². The molecule has 68 valence electrons. The number of nitrogens with zero attached hydrogens (tertiary/aromatic N) is 1. The summed E-state index contributed by atoms with van der Waals surface area (Å²) in [6, 6.07) is 0. The third kappa shape index (κ3) is 1.99. The van der Waals surface area contributed by atoms with Gasteiger partial charge in [0.25, 0.3) is 0 Å². The molecule has 2 heterocycles. The number of imidazole rings is 1. The lowest BCUT2D eigenvalue weighted by Gasteiger charge is -2.19. The summed E-state index contributed by atoms with van der Waals surface area (Å²) in [4.78, 5) is 7.37. The van der Waals surface area contributed by atoms with Gasteiger partial charge in [-0.15, -0.1) is 12.4 Å². The molecule has 3 nitrogen and oxygen atoms in total. The molecule has 0 amide bonds. The van der Waals surface area contributed by atoms with Crippen molar-refractivity contribution in [2.45, 2.75) is 18.8 Å². The van der Waals surface area contributed by atoms with Crippen molar-refractivity contribution in [3.05, 3.63) is 18.2 Å². The Morgan fingerprint density at radius 3 is 2.75 bits per heavy atom. The topological polar surface area (TPSA) is 37.9 Å². The van der Waals surface area contributed by atoms with Crippen LogP contribution in [0.15, 0.2) is 12.4 Å². The van der Waals surface area contributed by atoms with Crippen LogP contribution in [0.1, 0.15) is 24.6 Å². The van der Waals surface area contributed by atoms with Gasteiger partial charge in [0.1, 0.15) is 5.82 Å². The van der Waals surface area contributed by atoms with E-state index in [-0.39, 0.29) is 12.4 Å². The van der Waals surface area contributed by atoms with Crippen molar-refractivity contribution in [1.29, 1.82) is 0 Å². The average molecular weight is 189 g/mol. The molecule has 1 aromatic rings. The first kappa shape index (κ1) is 9.55. The van der Waals surface area contributed by atoms with Gasteiger partial charge >= 0.3 is 0 Å². The van der Waals surface area contributed by atoms with Gasteiger partial charge < -0.3 is 9.72 Å². The van der Waals surface area contributed by atoms with E-state index >= 15 is 0 Å². The molecule has 1 N–H and O–H groups in total. The zero-order valence-corrected chi connectivity index (χ0v) is 7.64. The Morgan fingerprint density at radius 1 is 1.42 bits per heavy atom. The molecular formula is C8H13ClN2O. The van der Waals surface area contributed by atoms with E-state index in [1.807, 2.05) is 12.4 Å². The fourth-order valence-electron chi connectivity index (χ4n) is 1.47. The lowest BCUT2D eigenvalue weighted by atomic mass is 10.00. The van der Waals surface area contributed by atoms with E-state index in [9.17, 15) is 0 Å². The minimum absolute atomic E-state index is 0. The normalized spacial score (nSPS) is 18.7. The summed E-state index contributed by atoms with van der Waals surface area (Å²) in [5, 5.41) is 0. The minimum Gasteiger partial charge on any atom is -0.381 e. The second-order valence-electron chi connectivity index (χ2n) is 2.86. The van der Waals surface area contributed by atoms with Gasteiger partial charge in [-0.25, -0.2) is 4.98 Å². The van der Waals surface area contributed by atoms with Crippen LogP contribution in [0.3, 0.4) is 0 Å². The van der Waals surface area contributed by atoms with Crippen molar-refractivity contribution >= 4 is 12.4 Å². The maximum atomic E-state index is 5.26. The summed E-state index contributed by atoms with van der Waals surface area (Å²) in [5.74, 6) is 1.71. The van der Waals surface area contributed by atoms with E-state index < -0.39 is 0 Å². The third-order valence-corrected chi connectivity index (χ3v) is 2.13. The monoisotopic (exact) mass is 188 g/mol. The molecule has 1 aromatic heterocycles. The van der Waals surface area contributed by atoms with Gasteiger partial charge in [0.2, 0.25) is 0 Å². The highest BCUT2D eigenvalue weighted by Gasteiger charge is 2.16. The molecule has 0 unspecified atom stereocenters. The maximum absolute atomic E-state index is 5.26. The van der Waals surface area contributed by atoms with Crippen LogP contribution in [-0.4, -0.2) is 23.2 Å². The summed E-state index contributed by atoms with van der Waals surface area (Å²) in [6.45, 7) is 1.76. The molecule has 0 aliphatic carbocycles.